The van der Waals surface area contributed by atoms with Crippen molar-refractivity contribution in [1.29, 1.82) is 0 Å². The molecule has 0 saturated heterocycles. The van der Waals surface area contributed by atoms with Gasteiger partial charge in [-0.25, -0.2) is 4.98 Å². The van der Waals surface area contributed by atoms with E-state index in [4.69, 9.17) is 0 Å². The van der Waals surface area contributed by atoms with E-state index in [1.54, 1.807) is 6.92 Å². The van der Waals surface area contributed by atoms with Gasteiger partial charge >= 0.3 is 0 Å². The summed E-state index contributed by atoms with van der Waals surface area (Å²) < 4.78 is 4.14. The molecule has 0 aliphatic carbocycles. The molecule has 4 nitrogen and oxygen atoms in total. The first kappa shape index (κ1) is 9.08. The first-order chi connectivity index (χ1) is 6.65. The normalized spacial score (nSPS) is 10.4. The van der Waals surface area contributed by atoms with Crippen molar-refractivity contribution in [3.8, 4) is 10.6 Å². The Labute approximate surface area is 84.8 Å². The van der Waals surface area contributed by atoms with E-state index in [0.717, 1.165) is 10.6 Å². The van der Waals surface area contributed by atoms with E-state index in [0.29, 0.717) is 11.5 Å². The van der Waals surface area contributed by atoms with E-state index in [9.17, 15) is 4.79 Å². The highest BCUT2D eigenvalue weighted by atomic mass is 32.1. The number of nitrogens with zero attached hydrogens (tertiary/aromatic N) is 2. The first-order valence-corrected chi connectivity index (χ1v) is 4.94. The van der Waals surface area contributed by atoms with Crippen molar-refractivity contribution in [1.82, 2.24) is 14.3 Å². The van der Waals surface area contributed by atoms with E-state index in [2.05, 4.69) is 14.3 Å². The Morgan fingerprint density at radius 2 is 2.14 bits per heavy atom. The molecule has 0 saturated carbocycles. The molecule has 0 aliphatic rings. The van der Waals surface area contributed by atoms with Crippen LogP contribution in [0.2, 0.25) is 0 Å². The number of H-pyrrole nitrogens is 1. The smallest absolute Gasteiger partial charge is 0.251 e. The molecule has 1 N–H and O–H groups in total. The van der Waals surface area contributed by atoms with E-state index in [1.165, 1.54) is 17.6 Å². The molecule has 0 amide bonds. The lowest BCUT2D eigenvalue weighted by Gasteiger charge is -1.96. The summed E-state index contributed by atoms with van der Waals surface area (Å²) in [5.74, 6) is 0.624. The fraction of sp³-hybridized carbons (Fsp3) is 0.222. The van der Waals surface area contributed by atoms with Crippen molar-refractivity contribution in [3.05, 3.63) is 34.0 Å². The van der Waals surface area contributed by atoms with Gasteiger partial charge in [-0.2, -0.15) is 4.37 Å². The number of rotatable bonds is 1. The second kappa shape index (κ2) is 3.34. The van der Waals surface area contributed by atoms with Gasteiger partial charge in [-0.05, 0) is 31.4 Å². The average Bonchev–Trinajstić information content (AvgIpc) is 2.50. The van der Waals surface area contributed by atoms with Gasteiger partial charge in [0.05, 0.1) is 16.3 Å². The van der Waals surface area contributed by atoms with E-state index in [1.807, 2.05) is 13.0 Å². The molecule has 0 atom stereocenters. The number of hydrogen-bond donors (Lipinski definition) is 1. The lowest BCUT2D eigenvalue weighted by molar-refractivity contribution is 1.03. The van der Waals surface area contributed by atoms with Crippen molar-refractivity contribution >= 4 is 11.5 Å². The van der Waals surface area contributed by atoms with Crippen molar-refractivity contribution in [2.45, 2.75) is 13.8 Å². The Bertz CT molecular complexity index is 515. The number of aromatic amines is 1. The molecular weight excluding hydrogens is 198 g/mol. The third-order valence-corrected chi connectivity index (χ3v) is 2.64. The molecule has 2 heterocycles. The van der Waals surface area contributed by atoms with Crippen molar-refractivity contribution in [2.75, 3.05) is 0 Å². The lowest BCUT2D eigenvalue weighted by atomic mass is 10.3. The Kier molecular flexibility index (Phi) is 2.17. The van der Waals surface area contributed by atoms with Crippen LogP contribution in [-0.4, -0.2) is 14.3 Å². The molecule has 0 spiro atoms. The predicted octanol–water partition coefficient (Wildman–Crippen LogP) is 1.51. The van der Waals surface area contributed by atoms with Crippen molar-refractivity contribution < 1.29 is 0 Å². The summed E-state index contributed by atoms with van der Waals surface area (Å²) in [7, 11) is 0. The summed E-state index contributed by atoms with van der Waals surface area (Å²) in [6.07, 6.45) is 0. The van der Waals surface area contributed by atoms with Gasteiger partial charge < -0.3 is 4.98 Å². The largest absolute Gasteiger partial charge is 0.311 e. The summed E-state index contributed by atoms with van der Waals surface area (Å²) in [5.41, 5.74) is 1.51. The zero-order valence-corrected chi connectivity index (χ0v) is 8.68. The van der Waals surface area contributed by atoms with Crippen LogP contribution in [0, 0.1) is 13.8 Å². The predicted molar refractivity (Wildman–Crippen MR) is 55.4 cm³/mol. The molecule has 2 aromatic heterocycles. The van der Waals surface area contributed by atoms with Gasteiger partial charge in [-0.3, -0.25) is 4.79 Å². The first-order valence-electron chi connectivity index (χ1n) is 4.17. The highest BCUT2D eigenvalue weighted by molar-refractivity contribution is 7.09. The molecule has 0 unspecified atom stereocenters. The van der Waals surface area contributed by atoms with Crippen LogP contribution < -0.4 is 5.56 Å². The maximum atomic E-state index is 11.2. The molecule has 0 fully saturated rings. The number of hydrogen-bond acceptors (Lipinski definition) is 4. The van der Waals surface area contributed by atoms with Crippen molar-refractivity contribution in [2.24, 2.45) is 0 Å². The van der Waals surface area contributed by atoms with Gasteiger partial charge in [0.1, 0.15) is 5.82 Å². The van der Waals surface area contributed by atoms with Gasteiger partial charge in [0.25, 0.3) is 5.56 Å². The molecule has 0 aliphatic heterocycles. The highest BCUT2D eigenvalue weighted by Crippen LogP contribution is 2.20. The molecule has 2 aromatic rings. The van der Waals surface area contributed by atoms with Crippen LogP contribution >= 0.6 is 11.5 Å². The van der Waals surface area contributed by atoms with E-state index >= 15 is 0 Å². The minimum atomic E-state index is -0.126. The van der Waals surface area contributed by atoms with E-state index < -0.39 is 0 Å². The Balaban J connectivity index is 2.56. The van der Waals surface area contributed by atoms with Crippen LogP contribution in [-0.2, 0) is 0 Å². The van der Waals surface area contributed by atoms with Crippen LogP contribution in [0.3, 0.4) is 0 Å². The van der Waals surface area contributed by atoms with Crippen LogP contribution in [0.15, 0.2) is 16.9 Å². The topological polar surface area (TPSA) is 58.6 Å². The maximum absolute atomic E-state index is 11.2. The van der Waals surface area contributed by atoms with Crippen LogP contribution in [0.5, 0.6) is 0 Å². The molecule has 5 heteroatoms. The second-order valence-electron chi connectivity index (χ2n) is 3.05. The fourth-order valence-corrected chi connectivity index (χ4v) is 1.91. The standard InChI is InChI=1S/C9H9N3OS/c1-5-3-8(14-12-5)7-4-9(13)11-6(2)10-7/h3-4H,1-2H3,(H,10,11,13). The maximum Gasteiger partial charge on any atom is 0.251 e. The zero-order chi connectivity index (χ0) is 10.1. The summed E-state index contributed by atoms with van der Waals surface area (Å²) in [5, 5.41) is 0. The minimum Gasteiger partial charge on any atom is -0.311 e. The minimum absolute atomic E-state index is 0.126. The number of nitrogens with one attached hydrogen (secondary N) is 1. The van der Waals surface area contributed by atoms with Crippen LogP contribution in [0.4, 0.5) is 0 Å². The quantitative estimate of drug-likeness (QED) is 0.771. The Morgan fingerprint density at radius 1 is 1.36 bits per heavy atom. The summed E-state index contributed by atoms with van der Waals surface area (Å²) in [4.78, 5) is 18.9. The molecule has 2 rings (SSSR count). The Hall–Kier alpha value is -1.49. The summed E-state index contributed by atoms with van der Waals surface area (Å²) in [6.45, 7) is 3.68. The van der Waals surface area contributed by atoms with Gasteiger partial charge in [-0.1, -0.05) is 0 Å². The van der Waals surface area contributed by atoms with E-state index in [-0.39, 0.29) is 5.56 Å². The third-order valence-electron chi connectivity index (χ3n) is 1.74. The molecular formula is C9H9N3OS. The van der Waals surface area contributed by atoms with Crippen LogP contribution in [0.25, 0.3) is 10.6 Å². The summed E-state index contributed by atoms with van der Waals surface area (Å²) in [6, 6.07) is 3.41. The third kappa shape index (κ3) is 1.72. The summed E-state index contributed by atoms with van der Waals surface area (Å²) >= 11 is 1.35. The second-order valence-corrected chi connectivity index (χ2v) is 3.85. The Morgan fingerprint density at radius 3 is 2.71 bits per heavy atom. The molecule has 0 aromatic carbocycles. The SMILES string of the molecule is Cc1cc(-c2cc(=O)[nH]c(C)n2)sn1. The molecule has 14 heavy (non-hydrogen) atoms. The highest BCUT2D eigenvalue weighted by Gasteiger charge is 2.04. The van der Waals surface area contributed by atoms with Gasteiger partial charge in [-0.15, -0.1) is 0 Å². The number of aryl methyl sites for hydroxylation is 2. The zero-order valence-electron chi connectivity index (χ0n) is 7.87. The lowest BCUT2D eigenvalue weighted by Crippen LogP contribution is -2.07. The average molecular weight is 207 g/mol. The molecule has 0 bridgehead atoms. The molecule has 72 valence electrons. The molecule has 0 radical (unpaired) electrons. The monoisotopic (exact) mass is 207 g/mol. The number of aromatic nitrogens is 3. The van der Waals surface area contributed by atoms with Crippen LogP contribution in [0.1, 0.15) is 11.5 Å². The van der Waals surface area contributed by atoms with Gasteiger partial charge in [0, 0.05) is 6.07 Å². The van der Waals surface area contributed by atoms with Gasteiger partial charge in [0.15, 0.2) is 0 Å². The van der Waals surface area contributed by atoms with Crippen molar-refractivity contribution in [3.63, 3.8) is 0 Å². The fourth-order valence-electron chi connectivity index (χ4n) is 1.19. The van der Waals surface area contributed by atoms with Gasteiger partial charge in [0.2, 0.25) is 0 Å².